The van der Waals surface area contributed by atoms with Crippen LogP contribution < -0.4 is 0 Å². The highest BCUT2D eigenvalue weighted by molar-refractivity contribution is 5.75. The van der Waals surface area contributed by atoms with E-state index in [0.29, 0.717) is 6.04 Å². The Labute approximate surface area is 81.6 Å². The highest BCUT2D eigenvalue weighted by atomic mass is 16.4. The van der Waals surface area contributed by atoms with Crippen molar-refractivity contribution in [1.29, 1.82) is 0 Å². The normalized spacial score (nSPS) is 30.3. The van der Waals surface area contributed by atoms with Crippen LogP contribution in [0.3, 0.4) is 0 Å². The quantitative estimate of drug-likeness (QED) is 0.787. The van der Waals surface area contributed by atoms with Crippen LogP contribution in [-0.2, 0) is 4.79 Å². The summed E-state index contributed by atoms with van der Waals surface area (Å²) in [5.41, 5.74) is 1.12. The number of nitrogens with zero attached hydrogens (tertiary/aromatic N) is 2. The summed E-state index contributed by atoms with van der Waals surface area (Å²) in [6.45, 7) is 0. The van der Waals surface area contributed by atoms with Gasteiger partial charge in [-0.3, -0.25) is 4.79 Å². The third-order valence-electron chi connectivity index (χ3n) is 3.12. The third kappa shape index (κ3) is 1.14. The van der Waals surface area contributed by atoms with Crippen molar-refractivity contribution >= 4 is 5.97 Å². The van der Waals surface area contributed by atoms with Gasteiger partial charge in [-0.1, -0.05) is 0 Å². The number of hydrogen-bond donors (Lipinski definition) is 1. The summed E-state index contributed by atoms with van der Waals surface area (Å²) in [5.74, 6) is -0.613. The fraction of sp³-hybridized carbons (Fsp3) is 0.600. The topological polar surface area (TPSA) is 55.1 Å². The molecule has 0 aromatic carbocycles. The largest absolute Gasteiger partial charge is 0.481 e. The minimum Gasteiger partial charge on any atom is -0.481 e. The zero-order valence-corrected chi connectivity index (χ0v) is 7.76. The van der Waals surface area contributed by atoms with E-state index in [1.165, 1.54) is 12.8 Å². The van der Waals surface area contributed by atoms with Crippen LogP contribution in [0.5, 0.6) is 0 Å². The van der Waals surface area contributed by atoms with Crippen LogP contribution in [0.15, 0.2) is 12.5 Å². The van der Waals surface area contributed by atoms with Crippen molar-refractivity contribution in [2.24, 2.45) is 5.92 Å². The van der Waals surface area contributed by atoms with Gasteiger partial charge in [0.2, 0.25) is 0 Å². The molecule has 2 fully saturated rings. The fourth-order valence-corrected chi connectivity index (χ4v) is 2.05. The van der Waals surface area contributed by atoms with E-state index in [1.807, 2.05) is 12.5 Å². The first-order valence-electron chi connectivity index (χ1n) is 5.02. The van der Waals surface area contributed by atoms with Gasteiger partial charge in [0, 0.05) is 23.9 Å². The van der Waals surface area contributed by atoms with Crippen molar-refractivity contribution in [2.75, 3.05) is 0 Å². The van der Waals surface area contributed by atoms with Crippen molar-refractivity contribution in [3.05, 3.63) is 18.2 Å². The minimum atomic E-state index is -0.668. The standard InChI is InChI=1S/C10H12N2O2/c13-10(14)8-3-7(8)9-4-11-5-12(9)6-1-2-6/h4-8H,1-3H2,(H,13,14). The van der Waals surface area contributed by atoms with E-state index in [2.05, 4.69) is 9.55 Å². The number of aliphatic carboxylic acids is 1. The molecule has 1 aromatic rings. The van der Waals surface area contributed by atoms with Crippen LogP contribution in [0.25, 0.3) is 0 Å². The van der Waals surface area contributed by atoms with Crippen LogP contribution in [0, 0.1) is 5.92 Å². The molecule has 2 saturated carbocycles. The summed E-state index contributed by atoms with van der Waals surface area (Å²) in [6, 6.07) is 0.600. The predicted octanol–water partition coefficient (Wildman–Crippen LogP) is 1.41. The number of rotatable bonds is 3. The highest BCUT2D eigenvalue weighted by Crippen LogP contribution is 2.49. The molecule has 0 radical (unpaired) electrons. The summed E-state index contributed by atoms with van der Waals surface area (Å²) in [4.78, 5) is 14.8. The number of aromatic nitrogens is 2. The van der Waals surface area contributed by atoms with E-state index in [9.17, 15) is 4.79 Å². The number of imidazole rings is 1. The lowest BCUT2D eigenvalue weighted by Gasteiger charge is -2.04. The van der Waals surface area contributed by atoms with E-state index in [4.69, 9.17) is 5.11 Å². The van der Waals surface area contributed by atoms with Crippen LogP contribution in [0.1, 0.15) is 36.9 Å². The van der Waals surface area contributed by atoms with Crippen LogP contribution >= 0.6 is 0 Å². The van der Waals surface area contributed by atoms with Gasteiger partial charge in [0.05, 0.1) is 12.2 Å². The summed E-state index contributed by atoms with van der Waals surface area (Å²) >= 11 is 0. The highest BCUT2D eigenvalue weighted by Gasteiger charge is 2.46. The second-order valence-corrected chi connectivity index (χ2v) is 4.24. The Morgan fingerprint density at radius 1 is 1.57 bits per heavy atom. The van der Waals surface area contributed by atoms with E-state index < -0.39 is 5.97 Å². The predicted molar refractivity (Wildman–Crippen MR) is 49.0 cm³/mol. The maximum absolute atomic E-state index is 10.7. The van der Waals surface area contributed by atoms with Gasteiger partial charge in [-0.15, -0.1) is 0 Å². The maximum atomic E-state index is 10.7. The molecule has 1 N–H and O–H groups in total. The van der Waals surface area contributed by atoms with Crippen LogP contribution in [0.2, 0.25) is 0 Å². The third-order valence-corrected chi connectivity index (χ3v) is 3.12. The van der Waals surface area contributed by atoms with Crippen LogP contribution in [0.4, 0.5) is 0 Å². The Hall–Kier alpha value is -1.32. The molecule has 0 amide bonds. The minimum absolute atomic E-state index is 0.163. The molecule has 0 saturated heterocycles. The summed E-state index contributed by atoms with van der Waals surface area (Å²) in [6.07, 6.45) is 6.88. The molecule has 4 heteroatoms. The van der Waals surface area contributed by atoms with Crippen molar-refractivity contribution in [3.63, 3.8) is 0 Å². The molecular formula is C10H12N2O2. The van der Waals surface area contributed by atoms with Gasteiger partial charge in [0.1, 0.15) is 0 Å². The monoisotopic (exact) mass is 192 g/mol. The fourth-order valence-electron chi connectivity index (χ4n) is 2.05. The van der Waals surface area contributed by atoms with Gasteiger partial charge in [-0.05, 0) is 19.3 Å². The second-order valence-electron chi connectivity index (χ2n) is 4.24. The molecule has 1 heterocycles. The lowest BCUT2D eigenvalue weighted by Crippen LogP contribution is -2.02. The molecule has 1 aromatic heterocycles. The average molecular weight is 192 g/mol. The molecule has 2 aliphatic rings. The Kier molecular flexibility index (Phi) is 1.48. The maximum Gasteiger partial charge on any atom is 0.307 e. The number of carboxylic acid groups (broad SMARTS) is 1. The van der Waals surface area contributed by atoms with E-state index in [0.717, 1.165) is 12.1 Å². The molecule has 3 rings (SSSR count). The molecule has 4 nitrogen and oxygen atoms in total. The number of hydrogen-bond acceptors (Lipinski definition) is 2. The summed E-state index contributed by atoms with van der Waals surface area (Å²) < 4.78 is 2.16. The van der Waals surface area contributed by atoms with Crippen molar-refractivity contribution in [2.45, 2.75) is 31.2 Å². The van der Waals surface area contributed by atoms with Crippen molar-refractivity contribution in [1.82, 2.24) is 9.55 Å². The average Bonchev–Trinajstić information content (AvgIpc) is 3.05. The first-order valence-corrected chi connectivity index (χ1v) is 5.02. The van der Waals surface area contributed by atoms with Gasteiger partial charge >= 0.3 is 5.97 Å². The zero-order valence-electron chi connectivity index (χ0n) is 7.76. The molecule has 74 valence electrons. The van der Waals surface area contributed by atoms with Crippen molar-refractivity contribution < 1.29 is 9.90 Å². The van der Waals surface area contributed by atoms with Gasteiger partial charge < -0.3 is 9.67 Å². The molecule has 2 atom stereocenters. The van der Waals surface area contributed by atoms with Gasteiger partial charge in [-0.2, -0.15) is 0 Å². The van der Waals surface area contributed by atoms with Gasteiger partial charge in [0.25, 0.3) is 0 Å². The molecular weight excluding hydrogens is 180 g/mol. The molecule has 0 spiro atoms. The first kappa shape index (κ1) is 8.03. The molecule has 0 bridgehead atoms. The summed E-state index contributed by atoms with van der Waals surface area (Å²) in [7, 11) is 0. The Balaban J connectivity index is 1.83. The molecule has 2 unspecified atom stereocenters. The van der Waals surface area contributed by atoms with Gasteiger partial charge in [-0.25, -0.2) is 4.98 Å². The number of carboxylic acids is 1. The molecule has 2 aliphatic carbocycles. The Bertz CT molecular complexity index is 381. The zero-order chi connectivity index (χ0) is 9.71. The van der Waals surface area contributed by atoms with Crippen LogP contribution in [-0.4, -0.2) is 20.6 Å². The van der Waals surface area contributed by atoms with E-state index >= 15 is 0 Å². The lowest BCUT2D eigenvalue weighted by atomic mass is 10.2. The lowest BCUT2D eigenvalue weighted by molar-refractivity contribution is -0.138. The summed E-state index contributed by atoms with van der Waals surface area (Å²) in [5, 5.41) is 8.84. The molecule has 14 heavy (non-hydrogen) atoms. The Morgan fingerprint density at radius 2 is 2.36 bits per heavy atom. The van der Waals surface area contributed by atoms with Gasteiger partial charge in [0.15, 0.2) is 0 Å². The molecule has 0 aliphatic heterocycles. The first-order chi connectivity index (χ1) is 6.77. The van der Waals surface area contributed by atoms with Crippen molar-refractivity contribution in [3.8, 4) is 0 Å². The second kappa shape index (κ2) is 2.59. The Morgan fingerprint density at radius 3 is 2.93 bits per heavy atom. The van der Waals surface area contributed by atoms with E-state index in [-0.39, 0.29) is 11.8 Å². The smallest absolute Gasteiger partial charge is 0.307 e. The SMILES string of the molecule is O=C(O)C1CC1c1cncn1C1CC1. The van der Waals surface area contributed by atoms with E-state index in [1.54, 1.807) is 0 Å². The number of carbonyl (C=O) groups is 1.